The zero-order chi connectivity index (χ0) is 14.9. The molecule has 3 nitrogen and oxygen atoms in total. The van der Waals surface area contributed by atoms with Crippen molar-refractivity contribution in [2.75, 3.05) is 26.7 Å². The molecule has 3 rings (SSSR count). The first-order valence-corrected chi connectivity index (χ1v) is 8.41. The number of hydrogen-bond acceptors (Lipinski definition) is 3. The SMILES string of the molecule is CN(Cc1ccccc1Cl)C1(CN)CCN2CCCC2C1. The predicted octanol–water partition coefficient (Wildman–Crippen LogP) is 2.73. The standard InChI is InChI=1S/C17H26ClN3/c1-20(12-14-5-2-3-7-16(14)18)17(13-19)8-10-21-9-4-6-15(21)11-17/h2-3,5,7,15H,4,6,8-13,19H2,1H3. The van der Waals surface area contributed by atoms with Gasteiger partial charge in [-0.05, 0) is 50.9 Å². The Hall–Kier alpha value is -0.610. The molecule has 1 aromatic rings. The van der Waals surface area contributed by atoms with Crippen LogP contribution < -0.4 is 5.73 Å². The normalized spacial score (nSPS) is 29.8. The highest BCUT2D eigenvalue weighted by molar-refractivity contribution is 6.31. The fourth-order valence-electron chi connectivity index (χ4n) is 4.05. The number of nitrogens with zero attached hydrogens (tertiary/aromatic N) is 2. The summed E-state index contributed by atoms with van der Waals surface area (Å²) in [6.45, 7) is 4.08. The molecule has 2 heterocycles. The number of piperidine rings is 1. The summed E-state index contributed by atoms with van der Waals surface area (Å²) in [5, 5.41) is 0.856. The molecule has 0 amide bonds. The van der Waals surface area contributed by atoms with E-state index >= 15 is 0 Å². The summed E-state index contributed by atoms with van der Waals surface area (Å²) in [5.41, 5.74) is 7.55. The van der Waals surface area contributed by atoms with Crippen molar-refractivity contribution in [1.29, 1.82) is 0 Å². The van der Waals surface area contributed by atoms with Crippen molar-refractivity contribution in [2.45, 2.75) is 43.8 Å². The largest absolute Gasteiger partial charge is 0.329 e. The predicted molar refractivity (Wildman–Crippen MR) is 88.5 cm³/mol. The monoisotopic (exact) mass is 307 g/mol. The van der Waals surface area contributed by atoms with Crippen molar-refractivity contribution >= 4 is 11.6 Å². The molecular formula is C17H26ClN3. The van der Waals surface area contributed by atoms with Gasteiger partial charge in [0.2, 0.25) is 0 Å². The number of halogens is 1. The zero-order valence-electron chi connectivity index (χ0n) is 12.9. The van der Waals surface area contributed by atoms with Crippen molar-refractivity contribution in [3.63, 3.8) is 0 Å². The Kier molecular flexibility index (Phi) is 4.55. The maximum atomic E-state index is 6.32. The second-order valence-corrected chi connectivity index (χ2v) is 7.07. The van der Waals surface area contributed by atoms with E-state index in [0.717, 1.165) is 24.2 Å². The van der Waals surface area contributed by atoms with Gasteiger partial charge in [0.1, 0.15) is 0 Å². The van der Waals surface area contributed by atoms with Crippen LogP contribution in [0.2, 0.25) is 5.02 Å². The highest BCUT2D eigenvalue weighted by Gasteiger charge is 2.43. The van der Waals surface area contributed by atoms with Gasteiger partial charge in [0.25, 0.3) is 0 Å². The van der Waals surface area contributed by atoms with Crippen LogP contribution in [0.15, 0.2) is 24.3 Å². The quantitative estimate of drug-likeness (QED) is 0.928. The van der Waals surface area contributed by atoms with Crippen LogP contribution in [0.3, 0.4) is 0 Å². The Labute approximate surface area is 133 Å². The van der Waals surface area contributed by atoms with Gasteiger partial charge in [-0.25, -0.2) is 0 Å². The number of nitrogens with two attached hydrogens (primary N) is 1. The topological polar surface area (TPSA) is 32.5 Å². The zero-order valence-corrected chi connectivity index (χ0v) is 13.6. The van der Waals surface area contributed by atoms with Crippen molar-refractivity contribution in [3.05, 3.63) is 34.9 Å². The van der Waals surface area contributed by atoms with Gasteiger partial charge in [0.15, 0.2) is 0 Å². The van der Waals surface area contributed by atoms with Crippen LogP contribution in [0, 0.1) is 0 Å². The average Bonchev–Trinajstić information content (AvgIpc) is 2.96. The maximum Gasteiger partial charge on any atom is 0.0451 e. The Bertz CT molecular complexity index is 493. The fourth-order valence-corrected chi connectivity index (χ4v) is 4.25. The molecule has 0 spiro atoms. The minimum atomic E-state index is 0.130. The maximum absolute atomic E-state index is 6.32. The summed E-state index contributed by atoms with van der Waals surface area (Å²) in [7, 11) is 2.21. The Morgan fingerprint density at radius 3 is 2.95 bits per heavy atom. The fraction of sp³-hybridized carbons (Fsp3) is 0.647. The summed E-state index contributed by atoms with van der Waals surface area (Å²) in [6.07, 6.45) is 5.05. The molecule has 2 aliphatic heterocycles. The van der Waals surface area contributed by atoms with Crippen molar-refractivity contribution in [3.8, 4) is 0 Å². The van der Waals surface area contributed by atoms with Gasteiger partial charge in [-0.15, -0.1) is 0 Å². The van der Waals surface area contributed by atoms with E-state index in [1.54, 1.807) is 0 Å². The lowest BCUT2D eigenvalue weighted by Gasteiger charge is -2.49. The summed E-state index contributed by atoms with van der Waals surface area (Å²) in [6, 6.07) is 8.87. The average molecular weight is 308 g/mol. The molecule has 0 bridgehead atoms. The Morgan fingerprint density at radius 2 is 2.19 bits per heavy atom. The van der Waals surface area contributed by atoms with Crippen LogP contribution in [0.5, 0.6) is 0 Å². The third kappa shape index (κ3) is 2.98. The molecule has 2 atom stereocenters. The Morgan fingerprint density at radius 1 is 1.38 bits per heavy atom. The number of rotatable bonds is 4. The van der Waals surface area contributed by atoms with Crippen molar-refractivity contribution < 1.29 is 0 Å². The summed E-state index contributed by atoms with van der Waals surface area (Å²) in [5.74, 6) is 0. The number of hydrogen-bond donors (Lipinski definition) is 1. The van der Waals surface area contributed by atoms with E-state index in [9.17, 15) is 0 Å². The van der Waals surface area contributed by atoms with Crippen LogP contribution in [-0.2, 0) is 6.54 Å². The first kappa shape index (κ1) is 15.3. The number of likely N-dealkylation sites (N-methyl/N-ethyl adjacent to an activating group) is 1. The highest BCUT2D eigenvalue weighted by atomic mass is 35.5. The molecule has 2 fully saturated rings. The van der Waals surface area contributed by atoms with E-state index in [4.69, 9.17) is 17.3 Å². The number of benzene rings is 1. The molecule has 2 aliphatic rings. The third-order valence-corrected chi connectivity index (χ3v) is 5.90. The van der Waals surface area contributed by atoms with Crippen LogP contribution in [-0.4, -0.2) is 48.1 Å². The minimum Gasteiger partial charge on any atom is -0.329 e. The molecule has 0 radical (unpaired) electrons. The van der Waals surface area contributed by atoms with E-state index in [1.165, 1.54) is 44.3 Å². The van der Waals surface area contributed by atoms with Gasteiger partial charge in [0.05, 0.1) is 0 Å². The van der Waals surface area contributed by atoms with Gasteiger partial charge in [-0.3, -0.25) is 4.90 Å². The molecule has 4 heteroatoms. The van der Waals surface area contributed by atoms with Gasteiger partial charge in [0, 0.05) is 36.2 Å². The molecule has 21 heavy (non-hydrogen) atoms. The third-order valence-electron chi connectivity index (χ3n) is 5.53. The van der Waals surface area contributed by atoms with Gasteiger partial charge < -0.3 is 10.6 Å². The summed E-state index contributed by atoms with van der Waals surface area (Å²) >= 11 is 6.32. The first-order chi connectivity index (χ1) is 10.1. The molecule has 0 saturated carbocycles. The molecule has 2 N–H and O–H groups in total. The lowest BCUT2D eigenvalue weighted by molar-refractivity contribution is 0.0220. The van der Waals surface area contributed by atoms with E-state index < -0.39 is 0 Å². The van der Waals surface area contributed by atoms with Crippen LogP contribution >= 0.6 is 11.6 Å². The first-order valence-electron chi connectivity index (χ1n) is 8.03. The molecule has 2 unspecified atom stereocenters. The van der Waals surface area contributed by atoms with Crippen LogP contribution in [0.25, 0.3) is 0 Å². The Balaban J connectivity index is 1.74. The van der Waals surface area contributed by atoms with Gasteiger partial charge in [-0.1, -0.05) is 29.8 Å². The molecule has 1 aromatic carbocycles. The second kappa shape index (κ2) is 6.25. The smallest absolute Gasteiger partial charge is 0.0451 e. The molecule has 2 saturated heterocycles. The highest BCUT2D eigenvalue weighted by Crippen LogP contribution is 2.36. The summed E-state index contributed by atoms with van der Waals surface area (Å²) < 4.78 is 0. The molecule has 116 valence electrons. The van der Waals surface area contributed by atoms with Gasteiger partial charge in [-0.2, -0.15) is 0 Å². The van der Waals surface area contributed by atoms with Gasteiger partial charge >= 0.3 is 0 Å². The lowest BCUT2D eigenvalue weighted by Crippen LogP contribution is -2.59. The number of fused-ring (bicyclic) bond motifs is 1. The second-order valence-electron chi connectivity index (χ2n) is 6.66. The molecule has 0 aromatic heterocycles. The summed E-state index contributed by atoms with van der Waals surface area (Å²) in [4.78, 5) is 5.10. The van der Waals surface area contributed by atoms with E-state index in [2.05, 4.69) is 29.0 Å². The van der Waals surface area contributed by atoms with E-state index in [-0.39, 0.29) is 5.54 Å². The van der Waals surface area contributed by atoms with Crippen molar-refractivity contribution in [1.82, 2.24) is 9.80 Å². The van der Waals surface area contributed by atoms with E-state index in [1.807, 2.05) is 12.1 Å². The van der Waals surface area contributed by atoms with E-state index in [0.29, 0.717) is 0 Å². The van der Waals surface area contributed by atoms with Crippen LogP contribution in [0.1, 0.15) is 31.2 Å². The minimum absolute atomic E-state index is 0.130. The molecular weight excluding hydrogens is 282 g/mol. The van der Waals surface area contributed by atoms with Crippen molar-refractivity contribution in [2.24, 2.45) is 5.73 Å². The lowest BCUT2D eigenvalue weighted by atomic mass is 9.81. The molecule has 0 aliphatic carbocycles. The van der Waals surface area contributed by atoms with Crippen LogP contribution in [0.4, 0.5) is 0 Å².